The van der Waals surface area contributed by atoms with Gasteiger partial charge in [-0.2, -0.15) is 0 Å². The van der Waals surface area contributed by atoms with Crippen molar-refractivity contribution in [1.29, 1.82) is 0 Å². The molecule has 4 nitrogen and oxygen atoms in total. The minimum absolute atomic E-state index is 0.273. The first kappa shape index (κ1) is 17.7. The van der Waals surface area contributed by atoms with E-state index in [0.717, 1.165) is 11.1 Å². The molecule has 0 fully saturated rings. The predicted molar refractivity (Wildman–Crippen MR) is 94.6 cm³/mol. The molecule has 1 atom stereocenters. The van der Waals surface area contributed by atoms with Crippen LogP contribution in [0.1, 0.15) is 30.6 Å². The molecule has 126 valence electrons. The fourth-order valence-corrected chi connectivity index (χ4v) is 2.51. The maximum Gasteiger partial charge on any atom is 0.328 e. The average molecular weight is 325 g/mol. The fraction of sp³-hybridized carbons (Fsp3) is 0.300. The van der Waals surface area contributed by atoms with Crippen LogP contribution in [0.5, 0.6) is 0 Å². The highest BCUT2D eigenvalue weighted by Gasteiger charge is 2.23. The highest BCUT2D eigenvalue weighted by molar-refractivity contribution is 5.97. The van der Waals surface area contributed by atoms with Crippen LogP contribution in [0.2, 0.25) is 0 Å². The van der Waals surface area contributed by atoms with Crippen molar-refractivity contribution >= 4 is 11.9 Å². The van der Waals surface area contributed by atoms with Gasteiger partial charge in [-0.15, -0.1) is 0 Å². The van der Waals surface area contributed by atoms with Crippen LogP contribution in [-0.2, 0) is 9.53 Å². The smallest absolute Gasteiger partial charge is 0.328 e. The van der Waals surface area contributed by atoms with Gasteiger partial charge in [-0.05, 0) is 35.6 Å². The minimum Gasteiger partial charge on any atom is -0.467 e. The molecular formula is C20H23NO3. The molecule has 24 heavy (non-hydrogen) atoms. The number of rotatable bonds is 6. The maximum atomic E-state index is 12.4. The van der Waals surface area contributed by atoms with Crippen LogP contribution in [0, 0.1) is 5.92 Å². The SMILES string of the molecule is COC(=O)[C@H](CC(C)C)NC(=O)c1ccc(-c2ccccc2)cc1. The van der Waals surface area contributed by atoms with Crippen molar-refractivity contribution in [3.05, 3.63) is 60.2 Å². The Kier molecular flexibility index (Phi) is 6.13. The summed E-state index contributed by atoms with van der Waals surface area (Å²) in [5, 5.41) is 2.76. The average Bonchev–Trinajstić information content (AvgIpc) is 2.61. The van der Waals surface area contributed by atoms with Gasteiger partial charge in [0.05, 0.1) is 7.11 Å². The van der Waals surface area contributed by atoms with Gasteiger partial charge in [0, 0.05) is 5.56 Å². The zero-order chi connectivity index (χ0) is 17.5. The lowest BCUT2D eigenvalue weighted by Gasteiger charge is -2.18. The monoisotopic (exact) mass is 325 g/mol. The molecule has 0 heterocycles. The number of methoxy groups -OCH3 is 1. The highest BCUT2D eigenvalue weighted by Crippen LogP contribution is 2.19. The second kappa shape index (κ2) is 8.29. The number of hydrogen-bond donors (Lipinski definition) is 1. The van der Waals surface area contributed by atoms with Crippen molar-refractivity contribution < 1.29 is 14.3 Å². The van der Waals surface area contributed by atoms with E-state index in [2.05, 4.69) is 5.32 Å². The van der Waals surface area contributed by atoms with Gasteiger partial charge in [-0.1, -0.05) is 56.3 Å². The third-order valence-electron chi connectivity index (χ3n) is 3.75. The van der Waals surface area contributed by atoms with Crippen molar-refractivity contribution in [1.82, 2.24) is 5.32 Å². The van der Waals surface area contributed by atoms with E-state index in [1.54, 1.807) is 12.1 Å². The van der Waals surface area contributed by atoms with Gasteiger partial charge < -0.3 is 10.1 Å². The van der Waals surface area contributed by atoms with E-state index in [1.807, 2.05) is 56.3 Å². The maximum absolute atomic E-state index is 12.4. The van der Waals surface area contributed by atoms with E-state index in [0.29, 0.717) is 12.0 Å². The number of hydrogen-bond acceptors (Lipinski definition) is 3. The summed E-state index contributed by atoms with van der Waals surface area (Å²) in [4.78, 5) is 24.2. The highest BCUT2D eigenvalue weighted by atomic mass is 16.5. The molecule has 4 heteroatoms. The lowest BCUT2D eigenvalue weighted by Crippen LogP contribution is -2.42. The van der Waals surface area contributed by atoms with Crippen LogP contribution >= 0.6 is 0 Å². The van der Waals surface area contributed by atoms with Crippen LogP contribution in [0.3, 0.4) is 0 Å². The summed E-state index contributed by atoms with van der Waals surface area (Å²) in [6.07, 6.45) is 0.542. The first-order chi connectivity index (χ1) is 11.5. The molecule has 0 aromatic heterocycles. The Morgan fingerprint density at radius 3 is 2.08 bits per heavy atom. The summed E-state index contributed by atoms with van der Waals surface area (Å²) in [6.45, 7) is 3.99. The second-order valence-corrected chi connectivity index (χ2v) is 6.12. The number of ether oxygens (including phenoxy) is 1. The van der Waals surface area contributed by atoms with Crippen LogP contribution in [0.15, 0.2) is 54.6 Å². The Balaban J connectivity index is 2.10. The summed E-state index contributed by atoms with van der Waals surface area (Å²) >= 11 is 0. The van der Waals surface area contributed by atoms with E-state index in [1.165, 1.54) is 7.11 Å². The fourth-order valence-electron chi connectivity index (χ4n) is 2.51. The van der Waals surface area contributed by atoms with Crippen molar-refractivity contribution in [2.24, 2.45) is 5.92 Å². The molecule has 0 unspecified atom stereocenters. The zero-order valence-corrected chi connectivity index (χ0v) is 14.3. The van der Waals surface area contributed by atoms with Crippen molar-refractivity contribution in [2.75, 3.05) is 7.11 Å². The zero-order valence-electron chi connectivity index (χ0n) is 14.3. The Hall–Kier alpha value is -2.62. The van der Waals surface area contributed by atoms with E-state index in [9.17, 15) is 9.59 Å². The molecular weight excluding hydrogens is 302 g/mol. The van der Waals surface area contributed by atoms with Crippen molar-refractivity contribution in [3.63, 3.8) is 0 Å². The lowest BCUT2D eigenvalue weighted by molar-refractivity contribution is -0.143. The Labute approximate surface area is 142 Å². The first-order valence-electron chi connectivity index (χ1n) is 8.05. The molecule has 2 aromatic carbocycles. The third-order valence-corrected chi connectivity index (χ3v) is 3.75. The normalized spacial score (nSPS) is 11.8. The van der Waals surface area contributed by atoms with Crippen LogP contribution < -0.4 is 5.32 Å². The summed E-state index contributed by atoms with van der Waals surface area (Å²) in [5.74, 6) is -0.418. The molecule has 0 aliphatic heterocycles. The van der Waals surface area contributed by atoms with Gasteiger partial charge in [0.25, 0.3) is 5.91 Å². The van der Waals surface area contributed by atoms with E-state index >= 15 is 0 Å². The topological polar surface area (TPSA) is 55.4 Å². The van der Waals surface area contributed by atoms with Crippen molar-refractivity contribution in [3.8, 4) is 11.1 Å². The number of benzene rings is 2. The standard InChI is InChI=1S/C20H23NO3/c1-14(2)13-18(20(23)24-3)21-19(22)17-11-9-16(10-12-17)15-7-5-4-6-8-15/h4-12,14,18H,13H2,1-3H3,(H,21,22)/t18-/m0/s1. The quantitative estimate of drug-likeness (QED) is 0.825. The molecule has 0 aliphatic carbocycles. The molecule has 0 spiro atoms. The number of amides is 1. The first-order valence-corrected chi connectivity index (χ1v) is 8.05. The van der Waals surface area contributed by atoms with E-state index in [4.69, 9.17) is 4.74 Å². The van der Waals surface area contributed by atoms with Gasteiger partial charge >= 0.3 is 5.97 Å². The number of carbonyl (C=O) groups excluding carboxylic acids is 2. The molecule has 0 radical (unpaired) electrons. The largest absolute Gasteiger partial charge is 0.467 e. The molecule has 0 bridgehead atoms. The summed E-state index contributed by atoms with van der Waals surface area (Å²) in [7, 11) is 1.33. The third kappa shape index (κ3) is 4.69. The van der Waals surface area contributed by atoms with E-state index < -0.39 is 12.0 Å². The number of esters is 1. The Bertz CT molecular complexity index is 678. The molecule has 1 amide bonds. The molecule has 0 aliphatic rings. The van der Waals surface area contributed by atoms with Crippen LogP contribution in [0.25, 0.3) is 11.1 Å². The molecule has 0 saturated heterocycles. The van der Waals surface area contributed by atoms with Gasteiger partial charge in [-0.3, -0.25) is 4.79 Å². The Morgan fingerprint density at radius 1 is 0.958 bits per heavy atom. The number of carbonyl (C=O) groups is 2. The predicted octanol–water partition coefficient (Wildman–Crippen LogP) is 3.67. The molecule has 2 aromatic rings. The molecule has 1 N–H and O–H groups in total. The van der Waals surface area contributed by atoms with Crippen molar-refractivity contribution in [2.45, 2.75) is 26.3 Å². The van der Waals surface area contributed by atoms with E-state index in [-0.39, 0.29) is 11.8 Å². The van der Waals surface area contributed by atoms with Gasteiger partial charge in [0.2, 0.25) is 0 Å². The second-order valence-electron chi connectivity index (χ2n) is 6.12. The van der Waals surface area contributed by atoms with Gasteiger partial charge in [0.1, 0.15) is 6.04 Å². The molecule has 0 saturated carbocycles. The molecule has 2 rings (SSSR count). The summed E-state index contributed by atoms with van der Waals surface area (Å²) in [5.41, 5.74) is 2.66. The van der Waals surface area contributed by atoms with Crippen LogP contribution in [-0.4, -0.2) is 25.0 Å². The summed E-state index contributed by atoms with van der Waals surface area (Å²) < 4.78 is 4.77. The number of nitrogens with one attached hydrogen (secondary N) is 1. The lowest BCUT2D eigenvalue weighted by atomic mass is 10.0. The summed E-state index contributed by atoms with van der Waals surface area (Å²) in [6, 6.07) is 16.7. The van der Waals surface area contributed by atoms with Gasteiger partial charge in [0.15, 0.2) is 0 Å². The Morgan fingerprint density at radius 2 is 1.54 bits per heavy atom. The van der Waals surface area contributed by atoms with Gasteiger partial charge in [-0.25, -0.2) is 4.79 Å². The van der Waals surface area contributed by atoms with Crippen LogP contribution in [0.4, 0.5) is 0 Å². The minimum atomic E-state index is -0.628.